The number of aryl methyl sites for hydroxylation is 1. The van der Waals surface area contributed by atoms with E-state index in [1.807, 2.05) is 0 Å². The molecule has 1 saturated heterocycles. The molecule has 1 fully saturated rings. The number of aliphatic hydroxyl groups is 1. The van der Waals surface area contributed by atoms with Crippen molar-refractivity contribution in [3.63, 3.8) is 0 Å². The van der Waals surface area contributed by atoms with E-state index in [0.29, 0.717) is 12.2 Å². The lowest BCUT2D eigenvalue weighted by Crippen LogP contribution is -2.47. The van der Waals surface area contributed by atoms with Gasteiger partial charge in [0.25, 0.3) is 5.91 Å². The van der Waals surface area contributed by atoms with Gasteiger partial charge in [-0.3, -0.25) is 4.79 Å². The first kappa shape index (κ1) is 14.0. The third kappa shape index (κ3) is 3.74. The first-order valence-corrected chi connectivity index (χ1v) is 6.69. The Balaban J connectivity index is 1.88. The standard InChI is InChI=1S/C12H21N5O2/c1-16-11(7-13-15-16)12(19)14-10(9-18)8-17-5-3-2-4-6-17/h7,10,18H,2-6,8-9H2,1H3,(H,14,19)/t10-/m0/s1. The fraction of sp³-hybridized carbons (Fsp3) is 0.750. The third-order valence-electron chi connectivity index (χ3n) is 3.43. The van der Waals surface area contributed by atoms with Gasteiger partial charge in [0, 0.05) is 13.6 Å². The Labute approximate surface area is 112 Å². The lowest BCUT2D eigenvalue weighted by Gasteiger charge is -2.30. The number of aliphatic hydroxyl groups excluding tert-OH is 1. The predicted octanol–water partition coefficient (Wildman–Crippen LogP) is -0.608. The second-order valence-corrected chi connectivity index (χ2v) is 4.96. The highest BCUT2D eigenvalue weighted by atomic mass is 16.3. The number of aromatic nitrogens is 3. The summed E-state index contributed by atoms with van der Waals surface area (Å²) in [5.74, 6) is -0.247. The number of nitrogens with one attached hydrogen (secondary N) is 1. The lowest BCUT2D eigenvalue weighted by atomic mass is 10.1. The summed E-state index contributed by atoms with van der Waals surface area (Å²) >= 11 is 0. The molecule has 106 valence electrons. The van der Waals surface area contributed by atoms with Gasteiger partial charge < -0.3 is 15.3 Å². The molecule has 1 atom stereocenters. The van der Waals surface area contributed by atoms with E-state index >= 15 is 0 Å². The predicted molar refractivity (Wildman–Crippen MR) is 69.6 cm³/mol. The SMILES string of the molecule is Cn1nncc1C(=O)N[C@H](CO)CN1CCCCC1. The van der Waals surface area contributed by atoms with Crippen molar-refractivity contribution in [2.75, 3.05) is 26.2 Å². The summed E-state index contributed by atoms with van der Waals surface area (Å²) in [6, 6.07) is -0.250. The van der Waals surface area contributed by atoms with E-state index in [0.717, 1.165) is 13.1 Å². The Kier molecular flexibility index (Phi) is 4.86. The number of likely N-dealkylation sites (tertiary alicyclic amines) is 1. The molecule has 2 rings (SSSR count). The third-order valence-corrected chi connectivity index (χ3v) is 3.43. The molecule has 0 bridgehead atoms. The van der Waals surface area contributed by atoms with Gasteiger partial charge in [-0.05, 0) is 25.9 Å². The van der Waals surface area contributed by atoms with E-state index < -0.39 is 0 Å². The van der Waals surface area contributed by atoms with Crippen molar-refractivity contribution < 1.29 is 9.90 Å². The fourth-order valence-corrected chi connectivity index (χ4v) is 2.36. The Hall–Kier alpha value is -1.47. The van der Waals surface area contributed by atoms with Crippen molar-refractivity contribution in [2.45, 2.75) is 25.3 Å². The van der Waals surface area contributed by atoms with Crippen LogP contribution in [-0.2, 0) is 7.05 Å². The van der Waals surface area contributed by atoms with Crippen molar-refractivity contribution in [1.82, 2.24) is 25.2 Å². The van der Waals surface area contributed by atoms with Gasteiger partial charge in [0.2, 0.25) is 0 Å². The van der Waals surface area contributed by atoms with Crippen molar-refractivity contribution in [3.8, 4) is 0 Å². The fourth-order valence-electron chi connectivity index (χ4n) is 2.36. The Morgan fingerprint density at radius 1 is 1.47 bits per heavy atom. The molecule has 19 heavy (non-hydrogen) atoms. The van der Waals surface area contributed by atoms with Crippen LogP contribution in [0, 0.1) is 0 Å². The minimum absolute atomic E-state index is 0.0620. The highest BCUT2D eigenvalue weighted by molar-refractivity contribution is 5.92. The van der Waals surface area contributed by atoms with Crippen LogP contribution in [0.25, 0.3) is 0 Å². The summed E-state index contributed by atoms with van der Waals surface area (Å²) < 4.78 is 1.42. The van der Waals surface area contributed by atoms with Gasteiger partial charge in [-0.15, -0.1) is 5.10 Å². The molecule has 0 saturated carbocycles. The topological polar surface area (TPSA) is 83.3 Å². The number of rotatable bonds is 5. The molecule has 0 aliphatic carbocycles. The van der Waals surface area contributed by atoms with Crippen LogP contribution in [0.4, 0.5) is 0 Å². The molecule has 0 aromatic carbocycles. The summed E-state index contributed by atoms with van der Waals surface area (Å²) in [5, 5.41) is 19.6. The number of carbonyl (C=O) groups excluding carboxylic acids is 1. The van der Waals surface area contributed by atoms with Crippen LogP contribution in [0.5, 0.6) is 0 Å². The second-order valence-electron chi connectivity index (χ2n) is 4.96. The van der Waals surface area contributed by atoms with Gasteiger partial charge in [0.1, 0.15) is 5.69 Å². The summed E-state index contributed by atoms with van der Waals surface area (Å²) in [6.07, 6.45) is 5.08. The molecular formula is C12H21N5O2. The lowest BCUT2D eigenvalue weighted by molar-refractivity contribution is 0.0877. The van der Waals surface area contributed by atoms with Gasteiger partial charge in [-0.1, -0.05) is 11.6 Å². The van der Waals surface area contributed by atoms with Crippen molar-refractivity contribution in [2.24, 2.45) is 7.05 Å². The quantitative estimate of drug-likeness (QED) is 0.744. The minimum Gasteiger partial charge on any atom is -0.394 e. The number of nitrogens with zero attached hydrogens (tertiary/aromatic N) is 4. The molecule has 0 radical (unpaired) electrons. The van der Waals surface area contributed by atoms with Crippen molar-refractivity contribution >= 4 is 5.91 Å². The number of carbonyl (C=O) groups is 1. The van der Waals surface area contributed by atoms with E-state index in [4.69, 9.17) is 0 Å². The number of hydrogen-bond donors (Lipinski definition) is 2. The van der Waals surface area contributed by atoms with Crippen LogP contribution in [-0.4, -0.2) is 63.2 Å². The number of amides is 1. The molecule has 0 unspecified atom stereocenters. The zero-order valence-corrected chi connectivity index (χ0v) is 11.2. The largest absolute Gasteiger partial charge is 0.394 e. The van der Waals surface area contributed by atoms with E-state index in [-0.39, 0.29) is 18.6 Å². The molecule has 7 heteroatoms. The molecule has 1 aromatic heterocycles. The van der Waals surface area contributed by atoms with Crippen molar-refractivity contribution in [3.05, 3.63) is 11.9 Å². The maximum atomic E-state index is 12.0. The van der Waals surface area contributed by atoms with Crippen LogP contribution in [0.2, 0.25) is 0 Å². The van der Waals surface area contributed by atoms with E-state index in [1.165, 1.54) is 30.1 Å². The Bertz CT molecular complexity index is 414. The smallest absolute Gasteiger partial charge is 0.271 e. The van der Waals surface area contributed by atoms with Crippen LogP contribution >= 0.6 is 0 Å². The normalized spacial score (nSPS) is 18.2. The molecule has 0 spiro atoms. The highest BCUT2D eigenvalue weighted by Gasteiger charge is 2.19. The molecule has 1 amide bonds. The Morgan fingerprint density at radius 2 is 2.21 bits per heavy atom. The van der Waals surface area contributed by atoms with Crippen LogP contribution in [0.3, 0.4) is 0 Å². The molecule has 2 N–H and O–H groups in total. The zero-order chi connectivity index (χ0) is 13.7. The molecule has 1 aromatic rings. The first-order valence-electron chi connectivity index (χ1n) is 6.69. The summed E-state index contributed by atoms with van der Waals surface area (Å²) in [6.45, 7) is 2.71. The number of piperidine rings is 1. The first-order chi connectivity index (χ1) is 9.20. The van der Waals surface area contributed by atoms with Gasteiger partial charge in [0.05, 0.1) is 18.8 Å². The average Bonchev–Trinajstić information content (AvgIpc) is 2.85. The Morgan fingerprint density at radius 3 is 2.79 bits per heavy atom. The molecule has 7 nitrogen and oxygen atoms in total. The van der Waals surface area contributed by atoms with Gasteiger partial charge in [-0.2, -0.15) is 0 Å². The van der Waals surface area contributed by atoms with Crippen LogP contribution in [0.1, 0.15) is 29.8 Å². The number of hydrogen-bond acceptors (Lipinski definition) is 5. The molecule has 1 aliphatic rings. The van der Waals surface area contributed by atoms with Gasteiger partial charge in [-0.25, -0.2) is 4.68 Å². The maximum Gasteiger partial charge on any atom is 0.271 e. The summed E-state index contributed by atoms with van der Waals surface area (Å²) in [5.41, 5.74) is 0.400. The van der Waals surface area contributed by atoms with E-state index in [1.54, 1.807) is 7.05 Å². The van der Waals surface area contributed by atoms with E-state index in [2.05, 4.69) is 20.5 Å². The molecule has 1 aliphatic heterocycles. The molecule has 2 heterocycles. The monoisotopic (exact) mass is 267 g/mol. The zero-order valence-electron chi connectivity index (χ0n) is 11.2. The minimum atomic E-state index is -0.250. The summed E-state index contributed by atoms with van der Waals surface area (Å²) in [7, 11) is 1.67. The van der Waals surface area contributed by atoms with Crippen LogP contribution < -0.4 is 5.32 Å². The average molecular weight is 267 g/mol. The van der Waals surface area contributed by atoms with Gasteiger partial charge in [0.15, 0.2) is 0 Å². The van der Waals surface area contributed by atoms with Crippen LogP contribution in [0.15, 0.2) is 6.20 Å². The second kappa shape index (κ2) is 6.63. The highest BCUT2D eigenvalue weighted by Crippen LogP contribution is 2.09. The van der Waals surface area contributed by atoms with Crippen molar-refractivity contribution in [1.29, 1.82) is 0 Å². The van der Waals surface area contributed by atoms with Gasteiger partial charge >= 0.3 is 0 Å². The summed E-state index contributed by atoms with van der Waals surface area (Å²) in [4.78, 5) is 14.3. The molecular weight excluding hydrogens is 246 g/mol. The maximum absolute atomic E-state index is 12.0. The van der Waals surface area contributed by atoms with E-state index in [9.17, 15) is 9.90 Å².